The Morgan fingerprint density at radius 2 is 1.65 bits per heavy atom. The third-order valence-electron chi connectivity index (χ3n) is 2.14. The maximum atomic E-state index is 3.23. The van der Waals surface area contributed by atoms with Crippen LogP contribution in [-0.2, 0) is 27.1 Å². The molecule has 2 aromatic rings. The molecule has 0 bridgehead atoms. The Balaban J connectivity index is 0.000000686. The van der Waals surface area contributed by atoms with Gasteiger partial charge in [0.2, 0.25) is 0 Å². The van der Waals surface area contributed by atoms with Crippen LogP contribution in [0.4, 0.5) is 0 Å². The second kappa shape index (κ2) is 10.1. The summed E-state index contributed by atoms with van der Waals surface area (Å²) in [6.45, 7) is 0. The second-order valence-corrected chi connectivity index (χ2v) is 4.35. The molecule has 0 amide bonds. The third-order valence-corrected chi connectivity index (χ3v) is 3.20. The fraction of sp³-hybridized carbons (Fsp3) is 0.143. The van der Waals surface area contributed by atoms with Gasteiger partial charge < -0.3 is 0 Å². The molecule has 2 rings (SSSR count). The standard InChI is InChI=1S/C14H13S.HI.Pd/c1-3-7-13(8-4-1)11-15-12-14-9-5-2-6-10-14;;/h1-9H,11-12H2;1H;/q-1;;+2/p-1. The molecule has 3 heteroatoms. The zero-order valence-corrected chi connectivity index (χ0v) is 13.7. The van der Waals surface area contributed by atoms with Crippen molar-refractivity contribution >= 4 is 31.3 Å². The molecule has 0 fully saturated rings. The summed E-state index contributed by atoms with van der Waals surface area (Å²) in [6.07, 6.45) is 0. The smallest absolute Gasteiger partial charge is 0.0187 e. The summed E-state index contributed by atoms with van der Waals surface area (Å²) in [4.78, 5) is 0. The van der Waals surface area contributed by atoms with Crippen molar-refractivity contribution in [3.05, 3.63) is 71.8 Å². The second-order valence-electron chi connectivity index (χ2n) is 3.37. The molecule has 92 valence electrons. The summed E-state index contributed by atoms with van der Waals surface area (Å²) in [5.41, 5.74) is 2.66. The molecule has 0 aliphatic rings. The molecule has 17 heavy (non-hydrogen) atoms. The van der Waals surface area contributed by atoms with Crippen molar-refractivity contribution in [2.75, 3.05) is 0 Å². The van der Waals surface area contributed by atoms with Gasteiger partial charge in [0.25, 0.3) is 0 Å². The maximum Gasteiger partial charge on any atom is 0.0187 e. The molecule has 0 unspecified atom stereocenters. The van der Waals surface area contributed by atoms with Crippen LogP contribution in [0, 0.1) is 6.07 Å². The van der Waals surface area contributed by atoms with Crippen LogP contribution in [0.15, 0.2) is 54.6 Å². The predicted molar refractivity (Wildman–Crippen MR) is 80.7 cm³/mol. The number of halogens is 1. The molecule has 0 radical (unpaired) electrons. The van der Waals surface area contributed by atoms with Crippen LogP contribution < -0.4 is 0 Å². The van der Waals surface area contributed by atoms with Crippen LogP contribution in [-0.4, -0.2) is 0 Å². The van der Waals surface area contributed by atoms with Crippen molar-refractivity contribution in [1.82, 2.24) is 0 Å². The summed E-state index contributed by atoms with van der Waals surface area (Å²) >= 11 is 6.65. The average Bonchev–Trinajstić information content (AvgIpc) is 2.43. The van der Waals surface area contributed by atoms with Crippen molar-refractivity contribution in [2.24, 2.45) is 0 Å². The van der Waals surface area contributed by atoms with Crippen molar-refractivity contribution in [2.45, 2.75) is 11.5 Å². The molecule has 2 aromatic carbocycles. The number of rotatable bonds is 4. The molecule has 0 heterocycles. The van der Waals surface area contributed by atoms with Crippen molar-refractivity contribution < 1.29 is 15.6 Å². The normalized spacial score (nSPS) is 9.35. The fourth-order valence-electron chi connectivity index (χ4n) is 1.37. The topological polar surface area (TPSA) is 0 Å². The predicted octanol–water partition coefficient (Wildman–Crippen LogP) is 4.80. The monoisotopic (exact) mass is 446 g/mol. The van der Waals surface area contributed by atoms with Gasteiger partial charge in [0.1, 0.15) is 0 Å². The Morgan fingerprint density at radius 1 is 0.941 bits per heavy atom. The van der Waals surface area contributed by atoms with E-state index >= 15 is 0 Å². The number of thioether (sulfide) groups is 1. The van der Waals surface area contributed by atoms with Gasteiger partial charge in [-0.15, -0.1) is 0 Å². The maximum absolute atomic E-state index is 3.23. The van der Waals surface area contributed by atoms with Crippen LogP contribution in [0.2, 0.25) is 0 Å². The number of benzene rings is 2. The van der Waals surface area contributed by atoms with Gasteiger partial charge in [0.05, 0.1) is 0 Å². The molecular formula is C14H13IPdS. The minimum Gasteiger partial charge on any atom is -0.180 e. The Hall–Kier alpha value is 0.182. The molecule has 0 spiro atoms. The first-order chi connectivity index (χ1) is 8.45. The minimum atomic E-state index is 1.04. The van der Waals surface area contributed by atoms with Crippen LogP contribution in [0.5, 0.6) is 0 Å². The van der Waals surface area contributed by atoms with E-state index in [0.717, 1.165) is 11.5 Å². The largest absolute Gasteiger partial charge is 0.180 e. The Bertz CT molecular complexity index is 352. The van der Waals surface area contributed by atoms with Gasteiger partial charge in [-0.2, -0.15) is 47.7 Å². The number of hydrogen-bond acceptors (Lipinski definition) is 1. The average molecular weight is 447 g/mol. The van der Waals surface area contributed by atoms with E-state index in [1.807, 2.05) is 43.4 Å². The number of hydrogen-bond donors (Lipinski definition) is 0. The van der Waals surface area contributed by atoms with E-state index in [1.165, 1.54) is 11.1 Å². The van der Waals surface area contributed by atoms with E-state index in [4.69, 9.17) is 0 Å². The SMILES string of the molecule is [Pd+][I].[c-]1ccccc1CSCc1ccccc1. The minimum absolute atomic E-state index is 1.04. The Kier molecular flexibility index (Phi) is 9.09. The molecule has 0 aliphatic heterocycles. The van der Waals surface area contributed by atoms with E-state index < -0.39 is 0 Å². The first kappa shape index (κ1) is 15.2. The molecule has 0 nitrogen and oxygen atoms in total. The first-order valence-corrected chi connectivity index (χ1v) is 10.9. The molecule has 0 atom stereocenters. The van der Waals surface area contributed by atoms with Gasteiger partial charge in [-0.05, 0) is 11.3 Å². The van der Waals surface area contributed by atoms with Gasteiger partial charge in [0.15, 0.2) is 0 Å². The molecule has 0 saturated heterocycles. The zero-order valence-electron chi connectivity index (χ0n) is 9.21. The third kappa shape index (κ3) is 6.61. The van der Waals surface area contributed by atoms with E-state index in [2.05, 4.69) is 64.1 Å². The van der Waals surface area contributed by atoms with Gasteiger partial charge in [0, 0.05) is 5.75 Å². The van der Waals surface area contributed by atoms with Gasteiger partial charge in [-0.1, -0.05) is 30.3 Å². The van der Waals surface area contributed by atoms with E-state index in [-0.39, 0.29) is 0 Å². The zero-order chi connectivity index (χ0) is 12.3. The van der Waals surface area contributed by atoms with Gasteiger partial charge in [-0.3, -0.25) is 0 Å². The van der Waals surface area contributed by atoms with Crippen molar-refractivity contribution in [3.8, 4) is 0 Å². The van der Waals surface area contributed by atoms with Gasteiger partial charge in [-0.25, -0.2) is 0 Å². The molecule has 0 aromatic heterocycles. The summed E-state index contributed by atoms with van der Waals surface area (Å²) in [6, 6.07) is 22.0. The first-order valence-electron chi connectivity index (χ1n) is 5.14. The van der Waals surface area contributed by atoms with Crippen LogP contribution in [0.1, 0.15) is 11.1 Å². The van der Waals surface area contributed by atoms with E-state index in [0.29, 0.717) is 0 Å². The van der Waals surface area contributed by atoms with Crippen LogP contribution in [0.3, 0.4) is 0 Å². The van der Waals surface area contributed by atoms with E-state index in [1.54, 1.807) is 0 Å². The fourth-order valence-corrected chi connectivity index (χ4v) is 2.30. The molecule has 0 saturated carbocycles. The van der Waals surface area contributed by atoms with Gasteiger partial charge >= 0.3 is 35.1 Å². The Morgan fingerprint density at radius 3 is 2.29 bits per heavy atom. The van der Waals surface area contributed by atoms with E-state index in [9.17, 15) is 0 Å². The van der Waals surface area contributed by atoms with Crippen molar-refractivity contribution in [3.63, 3.8) is 0 Å². The summed E-state index contributed by atoms with van der Waals surface area (Å²) in [7, 11) is 0. The Labute approximate surface area is 129 Å². The van der Waals surface area contributed by atoms with Crippen molar-refractivity contribution in [1.29, 1.82) is 0 Å². The van der Waals surface area contributed by atoms with Crippen LogP contribution in [0.25, 0.3) is 0 Å². The summed E-state index contributed by atoms with van der Waals surface area (Å²) in [5, 5.41) is 0. The molecule has 0 aliphatic carbocycles. The quantitative estimate of drug-likeness (QED) is 0.369. The summed E-state index contributed by atoms with van der Waals surface area (Å²) in [5.74, 6) is 2.11. The molecular weight excluding hydrogens is 434 g/mol. The summed E-state index contributed by atoms with van der Waals surface area (Å²) < 4.78 is 0. The van der Waals surface area contributed by atoms with Crippen LogP contribution >= 0.6 is 31.3 Å². The molecule has 0 N–H and O–H groups in total.